The first kappa shape index (κ1) is 20.4. The van der Waals surface area contributed by atoms with Crippen molar-refractivity contribution in [1.82, 2.24) is 4.98 Å². The molecule has 0 amide bonds. The van der Waals surface area contributed by atoms with Crippen LogP contribution in [0.25, 0.3) is 0 Å². The van der Waals surface area contributed by atoms with E-state index in [9.17, 15) is 14.7 Å². The molecule has 2 saturated heterocycles. The van der Waals surface area contributed by atoms with Crippen molar-refractivity contribution >= 4 is 11.9 Å². The highest BCUT2D eigenvalue weighted by molar-refractivity contribution is 5.89. The lowest BCUT2D eigenvalue weighted by Crippen LogP contribution is -2.35. The molecule has 2 aliphatic rings. The molecule has 0 bridgehead atoms. The van der Waals surface area contributed by atoms with Crippen molar-refractivity contribution < 1.29 is 38.4 Å². The van der Waals surface area contributed by atoms with Crippen LogP contribution in [0.5, 0.6) is 5.75 Å². The van der Waals surface area contributed by atoms with Gasteiger partial charge in [-0.3, -0.25) is 9.78 Å². The summed E-state index contributed by atoms with van der Waals surface area (Å²) in [4.78, 5) is 27.5. The Balaban J connectivity index is 1.38. The maximum Gasteiger partial charge on any atom is 0.340 e. The molecule has 1 N–H and O–H groups in total. The number of esters is 2. The first-order chi connectivity index (χ1) is 14.5. The van der Waals surface area contributed by atoms with Crippen LogP contribution in [0.3, 0.4) is 0 Å². The van der Waals surface area contributed by atoms with Crippen molar-refractivity contribution in [3.05, 3.63) is 59.9 Å². The number of pyridine rings is 1. The Morgan fingerprint density at radius 1 is 1.10 bits per heavy atom. The molecule has 3 heterocycles. The summed E-state index contributed by atoms with van der Waals surface area (Å²) in [5.41, 5.74) is 0.651. The molecule has 2 aliphatic heterocycles. The van der Waals surface area contributed by atoms with Gasteiger partial charge in [-0.1, -0.05) is 18.2 Å². The monoisotopic (exact) mass is 415 g/mol. The number of carbonyl (C=O) groups excluding carboxylic acids is 2. The summed E-state index contributed by atoms with van der Waals surface area (Å²) in [5.74, 6) is -0.805. The van der Waals surface area contributed by atoms with E-state index in [0.717, 1.165) is 0 Å². The van der Waals surface area contributed by atoms with Crippen LogP contribution in [0.15, 0.2) is 48.8 Å². The van der Waals surface area contributed by atoms with Gasteiger partial charge in [0.25, 0.3) is 0 Å². The number of aliphatic hydroxyl groups excluding tert-OH is 1. The van der Waals surface area contributed by atoms with Gasteiger partial charge in [0.1, 0.15) is 24.1 Å². The van der Waals surface area contributed by atoms with Crippen LogP contribution in [0.4, 0.5) is 0 Å². The zero-order valence-corrected chi connectivity index (χ0v) is 16.2. The van der Waals surface area contributed by atoms with Crippen molar-refractivity contribution in [2.24, 2.45) is 0 Å². The number of aliphatic hydroxyl groups is 1. The van der Waals surface area contributed by atoms with Crippen LogP contribution in [-0.2, 0) is 23.7 Å². The van der Waals surface area contributed by atoms with Gasteiger partial charge in [0.15, 0.2) is 12.4 Å². The van der Waals surface area contributed by atoms with E-state index in [1.54, 1.807) is 42.6 Å². The molecule has 5 atom stereocenters. The van der Waals surface area contributed by atoms with Crippen LogP contribution in [-0.4, -0.2) is 59.7 Å². The van der Waals surface area contributed by atoms with E-state index < -0.39 is 42.6 Å². The molecule has 158 valence electrons. The molecular formula is C21H21NO8. The van der Waals surface area contributed by atoms with Crippen LogP contribution >= 0.6 is 0 Å². The lowest BCUT2D eigenvalue weighted by molar-refractivity contribution is -0.163. The molecule has 1 unspecified atom stereocenters. The molecule has 2 fully saturated rings. The second-order valence-electron chi connectivity index (χ2n) is 6.94. The largest absolute Gasteiger partial charge is 0.453 e. The average Bonchev–Trinajstić information content (AvgIpc) is 3.32. The summed E-state index contributed by atoms with van der Waals surface area (Å²) in [6, 6.07) is 9.81. The number of nitrogens with zero attached hydrogens (tertiary/aromatic N) is 1. The molecule has 0 spiro atoms. The molecule has 1 aromatic carbocycles. The summed E-state index contributed by atoms with van der Waals surface area (Å²) >= 11 is 0. The van der Waals surface area contributed by atoms with Gasteiger partial charge in [-0.05, 0) is 18.2 Å². The number of hydrogen-bond acceptors (Lipinski definition) is 9. The Morgan fingerprint density at radius 2 is 1.83 bits per heavy atom. The summed E-state index contributed by atoms with van der Waals surface area (Å²) in [6.07, 6.45) is -0.557. The number of para-hydroxylation sites is 1. The Bertz CT molecular complexity index is 905. The number of benzene rings is 1. The Labute approximate surface area is 172 Å². The van der Waals surface area contributed by atoms with Gasteiger partial charge in [-0.2, -0.15) is 0 Å². The summed E-state index contributed by atoms with van der Waals surface area (Å²) in [5, 5.41) is 10.5. The predicted molar refractivity (Wildman–Crippen MR) is 101 cm³/mol. The lowest BCUT2D eigenvalue weighted by Gasteiger charge is -2.22. The summed E-state index contributed by atoms with van der Waals surface area (Å²) in [7, 11) is 0. The van der Waals surface area contributed by atoms with E-state index in [0.29, 0.717) is 11.1 Å². The fraction of sp³-hybridized carbons (Fsp3) is 0.381. The highest BCUT2D eigenvalue weighted by atomic mass is 16.7. The van der Waals surface area contributed by atoms with E-state index in [1.165, 1.54) is 13.1 Å². The summed E-state index contributed by atoms with van der Waals surface area (Å²) in [6.45, 7) is 1.59. The highest BCUT2D eigenvalue weighted by Crippen LogP contribution is 2.34. The second-order valence-corrected chi connectivity index (χ2v) is 6.94. The number of fused-ring (bicyclic) bond motifs is 1. The average molecular weight is 415 g/mol. The highest BCUT2D eigenvalue weighted by Gasteiger charge is 2.50. The van der Waals surface area contributed by atoms with Gasteiger partial charge in [0.05, 0.1) is 24.3 Å². The third-order valence-corrected chi connectivity index (χ3v) is 4.86. The second kappa shape index (κ2) is 8.88. The summed E-state index contributed by atoms with van der Waals surface area (Å²) < 4.78 is 27.8. The Morgan fingerprint density at radius 3 is 2.57 bits per heavy atom. The van der Waals surface area contributed by atoms with Crippen molar-refractivity contribution in [2.75, 3.05) is 13.2 Å². The van der Waals surface area contributed by atoms with E-state index in [1.807, 2.05) is 0 Å². The van der Waals surface area contributed by atoms with Gasteiger partial charge >= 0.3 is 11.9 Å². The smallest absolute Gasteiger partial charge is 0.340 e. The van der Waals surface area contributed by atoms with Crippen LogP contribution < -0.4 is 4.74 Å². The zero-order valence-electron chi connectivity index (χ0n) is 16.2. The Hall–Kier alpha value is -2.85. The first-order valence-corrected chi connectivity index (χ1v) is 9.48. The van der Waals surface area contributed by atoms with Gasteiger partial charge in [0, 0.05) is 19.3 Å². The molecule has 0 radical (unpaired) electrons. The van der Waals surface area contributed by atoms with Gasteiger partial charge in [0.2, 0.25) is 0 Å². The predicted octanol–water partition coefficient (Wildman–Crippen LogP) is 1.41. The number of aromatic nitrogens is 1. The standard InChI is InChI=1S/C21H21NO8/c1-12(23)28-15-7-3-2-6-14(15)21(25)30-17-11-27-18-16(10-26-19(17)18)29-20(24)13-5-4-8-22-9-13/h2-9,16-19,21,25H,10-11H2,1H3/t16-,17+,18-,19-,21?/m1/s1. The van der Waals surface area contributed by atoms with E-state index in [2.05, 4.69) is 4.98 Å². The molecule has 0 saturated carbocycles. The molecule has 4 rings (SSSR count). The first-order valence-electron chi connectivity index (χ1n) is 9.48. The van der Waals surface area contributed by atoms with E-state index >= 15 is 0 Å². The third kappa shape index (κ3) is 4.34. The fourth-order valence-corrected chi connectivity index (χ4v) is 3.51. The van der Waals surface area contributed by atoms with Crippen LogP contribution in [0.2, 0.25) is 0 Å². The quantitative estimate of drug-likeness (QED) is 0.425. The minimum Gasteiger partial charge on any atom is -0.453 e. The van der Waals surface area contributed by atoms with Gasteiger partial charge in [-0.15, -0.1) is 0 Å². The number of carbonyl (C=O) groups is 2. The molecular weight excluding hydrogens is 394 g/mol. The SMILES string of the molecule is CC(=O)Oc1ccccc1C(O)O[C@H]1CO[C@H]2[C@@H]1OC[C@H]2OC(=O)c1cccnc1. The fourth-order valence-electron chi connectivity index (χ4n) is 3.51. The molecule has 9 heteroatoms. The van der Waals surface area contributed by atoms with Gasteiger partial charge in [-0.25, -0.2) is 4.79 Å². The van der Waals surface area contributed by atoms with E-state index in [4.69, 9.17) is 23.7 Å². The molecule has 0 aliphatic carbocycles. The number of hydrogen-bond donors (Lipinski definition) is 1. The molecule has 2 aromatic rings. The third-order valence-electron chi connectivity index (χ3n) is 4.86. The maximum absolute atomic E-state index is 12.3. The number of rotatable bonds is 6. The minimum absolute atomic E-state index is 0.154. The van der Waals surface area contributed by atoms with Crippen molar-refractivity contribution in [2.45, 2.75) is 37.6 Å². The normalized spacial score (nSPS) is 26.1. The molecule has 9 nitrogen and oxygen atoms in total. The molecule has 30 heavy (non-hydrogen) atoms. The van der Waals surface area contributed by atoms with E-state index in [-0.39, 0.29) is 19.0 Å². The van der Waals surface area contributed by atoms with Crippen molar-refractivity contribution in [3.63, 3.8) is 0 Å². The maximum atomic E-state index is 12.3. The zero-order chi connectivity index (χ0) is 21.1. The van der Waals surface area contributed by atoms with Crippen LogP contribution in [0.1, 0.15) is 29.1 Å². The van der Waals surface area contributed by atoms with Crippen LogP contribution in [0, 0.1) is 0 Å². The van der Waals surface area contributed by atoms with Crippen molar-refractivity contribution in [3.8, 4) is 5.75 Å². The topological polar surface area (TPSA) is 113 Å². The number of ether oxygens (including phenoxy) is 5. The minimum atomic E-state index is -1.35. The molecule has 1 aromatic heterocycles. The van der Waals surface area contributed by atoms with Crippen molar-refractivity contribution in [1.29, 1.82) is 0 Å². The lowest BCUT2D eigenvalue weighted by atomic mass is 10.1. The Kier molecular flexibility index (Phi) is 6.05. The van der Waals surface area contributed by atoms with Gasteiger partial charge < -0.3 is 28.8 Å².